The molecular formula is C15H31N3O. The summed E-state index contributed by atoms with van der Waals surface area (Å²) in [5.41, 5.74) is -0.0974. The van der Waals surface area contributed by atoms with Crippen LogP contribution in [-0.4, -0.2) is 48.6 Å². The summed E-state index contributed by atoms with van der Waals surface area (Å²) in [6.45, 7) is 12.1. The highest BCUT2D eigenvalue weighted by Crippen LogP contribution is 2.12. The van der Waals surface area contributed by atoms with Crippen LogP contribution in [0.2, 0.25) is 0 Å². The minimum Gasteiger partial charge on any atom is -0.350 e. The Labute approximate surface area is 118 Å². The van der Waals surface area contributed by atoms with Crippen molar-refractivity contribution in [2.75, 3.05) is 26.2 Å². The fraction of sp³-hybridized carbons (Fsp3) is 0.933. The van der Waals surface area contributed by atoms with Gasteiger partial charge in [0.25, 0.3) is 0 Å². The van der Waals surface area contributed by atoms with Crippen molar-refractivity contribution in [3.8, 4) is 0 Å². The molecule has 4 nitrogen and oxygen atoms in total. The van der Waals surface area contributed by atoms with Crippen molar-refractivity contribution in [2.24, 2.45) is 0 Å². The number of hydrogen-bond donors (Lipinski definition) is 2. The Hall–Kier alpha value is -0.610. The van der Waals surface area contributed by atoms with Gasteiger partial charge >= 0.3 is 0 Å². The van der Waals surface area contributed by atoms with E-state index in [1.54, 1.807) is 0 Å². The highest BCUT2D eigenvalue weighted by atomic mass is 16.2. The van der Waals surface area contributed by atoms with Gasteiger partial charge in [-0.25, -0.2) is 0 Å². The van der Waals surface area contributed by atoms with Gasteiger partial charge < -0.3 is 10.6 Å². The van der Waals surface area contributed by atoms with E-state index >= 15 is 0 Å². The molecule has 1 aliphatic rings. The number of carbonyl (C=O) groups is 1. The van der Waals surface area contributed by atoms with E-state index in [4.69, 9.17) is 0 Å². The van der Waals surface area contributed by atoms with Crippen molar-refractivity contribution in [1.82, 2.24) is 15.5 Å². The molecule has 19 heavy (non-hydrogen) atoms. The quantitative estimate of drug-likeness (QED) is 0.740. The Morgan fingerprint density at radius 1 is 1.42 bits per heavy atom. The second kappa shape index (κ2) is 7.85. The molecule has 2 N–H and O–H groups in total. The first kappa shape index (κ1) is 16.4. The smallest absolute Gasteiger partial charge is 0.234 e. The van der Waals surface area contributed by atoms with E-state index in [-0.39, 0.29) is 11.4 Å². The molecule has 0 radical (unpaired) electrons. The maximum Gasteiger partial charge on any atom is 0.234 e. The lowest BCUT2D eigenvalue weighted by atomic mass is 10.0. The summed E-state index contributed by atoms with van der Waals surface area (Å²) in [6.07, 6.45) is 4.48. The molecule has 0 aromatic rings. The van der Waals surface area contributed by atoms with Crippen LogP contribution >= 0.6 is 0 Å². The lowest BCUT2D eigenvalue weighted by Gasteiger charge is -2.35. The van der Waals surface area contributed by atoms with Gasteiger partial charge in [-0.1, -0.05) is 13.8 Å². The lowest BCUT2D eigenvalue weighted by molar-refractivity contribution is -0.124. The molecule has 0 aromatic heterocycles. The van der Waals surface area contributed by atoms with Gasteiger partial charge in [-0.15, -0.1) is 0 Å². The zero-order chi connectivity index (χ0) is 14.3. The lowest BCUT2D eigenvalue weighted by Crippen LogP contribution is -2.52. The molecule has 0 bridgehead atoms. The Morgan fingerprint density at radius 2 is 2.16 bits per heavy atom. The molecule has 4 heteroatoms. The van der Waals surface area contributed by atoms with Gasteiger partial charge in [0, 0.05) is 18.1 Å². The highest BCUT2D eigenvalue weighted by Gasteiger charge is 2.24. The van der Waals surface area contributed by atoms with Crippen LogP contribution < -0.4 is 10.6 Å². The summed E-state index contributed by atoms with van der Waals surface area (Å²) in [7, 11) is 0. The molecule has 1 aliphatic heterocycles. The highest BCUT2D eigenvalue weighted by molar-refractivity contribution is 5.78. The molecule has 0 saturated carbocycles. The zero-order valence-electron chi connectivity index (χ0n) is 13.1. The summed E-state index contributed by atoms with van der Waals surface area (Å²) >= 11 is 0. The monoisotopic (exact) mass is 269 g/mol. The number of piperidine rings is 1. The van der Waals surface area contributed by atoms with E-state index in [2.05, 4.69) is 43.2 Å². The largest absolute Gasteiger partial charge is 0.350 e. The van der Waals surface area contributed by atoms with Crippen molar-refractivity contribution in [3.63, 3.8) is 0 Å². The van der Waals surface area contributed by atoms with Crippen molar-refractivity contribution >= 4 is 5.91 Å². The third kappa shape index (κ3) is 5.91. The average Bonchev–Trinajstić information content (AvgIpc) is 2.38. The predicted octanol–water partition coefficient (Wildman–Crippen LogP) is 1.76. The first-order valence-electron chi connectivity index (χ1n) is 7.74. The van der Waals surface area contributed by atoms with E-state index in [1.807, 2.05) is 0 Å². The number of amides is 1. The summed E-state index contributed by atoms with van der Waals surface area (Å²) in [6, 6.07) is 0.518. The van der Waals surface area contributed by atoms with Gasteiger partial charge in [-0.3, -0.25) is 9.69 Å². The number of nitrogens with zero attached hydrogens (tertiary/aromatic N) is 1. The van der Waals surface area contributed by atoms with Crippen LogP contribution in [0.25, 0.3) is 0 Å². The van der Waals surface area contributed by atoms with Gasteiger partial charge in [0.1, 0.15) is 0 Å². The molecule has 0 spiro atoms. The van der Waals surface area contributed by atoms with Crippen LogP contribution in [0.3, 0.4) is 0 Å². The fourth-order valence-electron chi connectivity index (χ4n) is 2.51. The van der Waals surface area contributed by atoms with Crippen LogP contribution in [0.15, 0.2) is 0 Å². The van der Waals surface area contributed by atoms with Crippen molar-refractivity contribution in [1.29, 1.82) is 0 Å². The summed E-state index contributed by atoms with van der Waals surface area (Å²) in [5, 5.41) is 6.57. The van der Waals surface area contributed by atoms with Crippen LogP contribution in [0, 0.1) is 0 Å². The van der Waals surface area contributed by atoms with E-state index in [0.29, 0.717) is 12.6 Å². The fourth-order valence-corrected chi connectivity index (χ4v) is 2.51. The second-order valence-corrected chi connectivity index (χ2v) is 6.26. The number of carbonyl (C=O) groups excluding carboxylic acids is 1. The molecule has 1 saturated heterocycles. The van der Waals surface area contributed by atoms with Crippen LogP contribution in [0.4, 0.5) is 0 Å². The summed E-state index contributed by atoms with van der Waals surface area (Å²) in [5.74, 6) is 0.158. The van der Waals surface area contributed by atoms with Gasteiger partial charge in [-0.05, 0) is 52.6 Å². The van der Waals surface area contributed by atoms with Gasteiger partial charge in [0.2, 0.25) is 5.91 Å². The Balaban J connectivity index is 2.50. The van der Waals surface area contributed by atoms with Crippen molar-refractivity contribution in [3.05, 3.63) is 0 Å². The van der Waals surface area contributed by atoms with E-state index in [0.717, 1.165) is 32.5 Å². The van der Waals surface area contributed by atoms with Gasteiger partial charge in [0.15, 0.2) is 0 Å². The first-order valence-corrected chi connectivity index (χ1v) is 7.74. The SMILES string of the molecule is CCCN(CC(=O)NC(C)(C)CC)C1CCCNC1. The van der Waals surface area contributed by atoms with Crippen LogP contribution in [-0.2, 0) is 4.79 Å². The maximum absolute atomic E-state index is 12.2. The Morgan fingerprint density at radius 3 is 2.68 bits per heavy atom. The topological polar surface area (TPSA) is 44.4 Å². The number of nitrogens with one attached hydrogen (secondary N) is 2. The average molecular weight is 269 g/mol. The van der Waals surface area contributed by atoms with Crippen molar-refractivity contribution < 1.29 is 4.79 Å². The first-order chi connectivity index (χ1) is 8.98. The molecule has 1 fully saturated rings. The van der Waals surface area contributed by atoms with Crippen LogP contribution in [0.5, 0.6) is 0 Å². The molecule has 1 unspecified atom stereocenters. The minimum absolute atomic E-state index is 0.0974. The third-order valence-electron chi connectivity index (χ3n) is 4.01. The third-order valence-corrected chi connectivity index (χ3v) is 4.01. The molecule has 1 rings (SSSR count). The van der Waals surface area contributed by atoms with Crippen molar-refractivity contribution in [2.45, 2.75) is 65.0 Å². The maximum atomic E-state index is 12.2. The second-order valence-electron chi connectivity index (χ2n) is 6.26. The predicted molar refractivity (Wildman–Crippen MR) is 80.3 cm³/mol. The van der Waals surface area contributed by atoms with Gasteiger partial charge in [0.05, 0.1) is 6.54 Å². The molecule has 0 aliphatic carbocycles. The normalized spacial score (nSPS) is 20.6. The summed E-state index contributed by atoms with van der Waals surface area (Å²) < 4.78 is 0. The van der Waals surface area contributed by atoms with E-state index in [9.17, 15) is 4.79 Å². The standard InChI is InChI=1S/C15H31N3O/c1-5-10-18(13-8-7-9-16-11-13)12-14(19)17-15(3,4)6-2/h13,16H,5-12H2,1-4H3,(H,17,19). The number of rotatable bonds is 7. The molecule has 1 heterocycles. The molecule has 1 atom stereocenters. The van der Waals surface area contributed by atoms with E-state index < -0.39 is 0 Å². The van der Waals surface area contributed by atoms with E-state index in [1.165, 1.54) is 12.8 Å². The minimum atomic E-state index is -0.0974. The Bertz CT molecular complexity index is 273. The van der Waals surface area contributed by atoms with Crippen LogP contribution in [0.1, 0.15) is 53.4 Å². The molecule has 1 amide bonds. The molecule has 112 valence electrons. The number of hydrogen-bond acceptors (Lipinski definition) is 3. The molecule has 0 aromatic carbocycles. The van der Waals surface area contributed by atoms with Gasteiger partial charge in [-0.2, -0.15) is 0 Å². The Kier molecular flexibility index (Phi) is 6.80. The molecular weight excluding hydrogens is 238 g/mol. The zero-order valence-corrected chi connectivity index (χ0v) is 13.1. The summed E-state index contributed by atoms with van der Waals surface area (Å²) in [4.78, 5) is 14.5.